The summed E-state index contributed by atoms with van der Waals surface area (Å²) in [6, 6.07) is 13.0. The molecule has 0 aliphatic carbocycles. The molecule has 31 heavy (non-hydrogen) atoms. The SMILES string of the molecule is Fc1ccc(-c2noc(C3CCCN(c4nc(C(F)F)nc5ccccc45)C3)n2)cc1. The zero-order valence-corrected chi connectivity index (χ0v) is 16.4. The monoisotopic (exact) mass is 425 g/mol. The smallest absolute Gasteiger partial charge is 0.297 e. The summed E-state index contributed by atoms with van der Waals surface area (Å²) < 4.78 is 45.4. The summed E-state index contributed by atoms with van der Waals surface area (Å²) >= 11 is 0. The number of nitrogens with zero attached hydrogens (tertiary/aromatic N) is 5. The van der Waals surface area contributed by atoms with Gasteiger partial charge < -0.3 is 9.42 Å². The number of para-hydroxylation sites is 1. The Labute approximate surface area is 175 Å². The summed E-state index contributed by atoms with van der Waals surface area (Å²) in [5.74, 6) is 0.460. The summed E-state index contributed by atoms with van der Waals surface area (Å²) in [5, 5.41) is 4.75. The Kier molecular flexibility index (Phi) is 5.01. The van der Waals surface area contributed by atoms with Gasteiger partial charge >= 0.3 is 0 Å². The van der Waals surface area contributed by atoms with E-state index in [-0.39, 0.29) is 11.7 Å². The largest absolute Gasteiger partial charge is 0.355 e. The van der Waals surface area contributed by atoms with Crippen molar-refractivity contribution in [1.82, 2.24) is 20.1 Å². The molecule has 6 nitrogen and oxygen atoms in total. The molecule has 0 N–H and O–H groups in total. The molecule has 5 rings (SSSR count). The van der Waals surface area contributed by atoms with E-state index in [1.54, 1.807) is 24.3 Å². The number of halogens is 3. The molecule has 9 heteroatoms. The van der Waals surface area contributed by atoms with Crippen LogP contribution in [0.3, 0.4) is 0 Å². The van der Waals surface area contributed by atoms with E-state index in [0.717, 1.165) is 18.2 Å². The van der Waals surface area contributed by atoms with Crippen LogP contribution in [0.2, 0.25) is 0 Å². The maximum atomic E-state index is 13.4. The average Bonchev–Trinajstić information content (AvgIpc) is 3.29. The molecule has 4 aromatic rings. The fraction of sp³-hybridized carbons (Fsp3) is 0.273. The number of anilines is 1. The Morgan fingerprint density at radius 2 is 1.81 bits per heavy atom. The lowest BCUT2D eigenvalue weighted by molar-refractivity contribution is 0.141. The number of piperidine rings is 1. The second kappa shape index (κ2) is 7.98. The Bertz CT molecular complexity index is 1210. The normalized spacial score (nSPS) is 16.9. The minimum atomic E-state index is -2.75. The van der Waals surface area contributed by atoms with Gasteiger partial charge in [-0.05, 0) is 49.2 Å². The summed E-state index contributed by atoms with van der Waals surface area (Å²) in [6.07, 6.45) is -1.11. The molecule has 1 aliphatic heterocycles. The van der Waals surface area contributed by atoms with Gasteiger partial charge in [-0.25, -0.2) is 23.1 Å². The van der Waals surface area contributed by atoms with Gasteiger partial charge in [0.25, 0.3) is 6.43 Å². The summed E-state index contributed by atoms with van der Waals surface area (Å²) in [4.78, 5) is 14.6. The van der Waals surface area contributed by atoms with E-state index in [1.165, 1.54) is 12.1 Å². The lowest BCUT2D eigenvalue weighted by atomic mass is 9.97. The van der Waals surface area contributed by atoms with Crippen LogP contribution in [0.5, 0.6) is 0 Å². The van der Waals surface area contributed by atoms with Crippen molar-refractivity contribution in [2.75, 3.05) is 18.0 Å². The molecule has 1 fully saturated rings. The van der Waals surface area contributed by atoms with Crippen molar-refractivity contribution in [2.24, 2.45) is 0 Å². The molecule has 3 heterocycles. The molecule has 1 unspecified atom stereocenters. The van der Waals surface area contributed by atoms with Crippen molar-refractivity contribution in [3.05, 3.63) is 66.1 Å². The van der Waals surface area contributed by atoms with Gasteiger partial charge in [-0.1, -0.05) is 17.3 Å². The molecule has 0 bridgehead atoms. The molecular formula is C22H18F3N5O. The third kappa shape index (κ3) is 3.83. The van der Waals surface area contributed by atoms with E-state index in [1.807, 2.05) is 17.0 Å². The van der Waals surface area contributed by atoms with Crippen molar-refractivity contribution < 1.29 is 17.7 Å². The number of hydrogen-bond acceptors (Lipinski definition) is 6. The van der Waals surface area contributed by atoms with Gasteiger partial charge in [0.2, 0.25) is 11.7 Å². The fourth-order valence-electron chi connectivity index (χ4n) is 3.90. The van der Waals surface area contributed by atoms with Crippen molar-refractivity contribution in [2.45, 2.75) is 25.2 Å². The van der Waals surface area contributed by atoms with E-state index >= 15 is 0 Å². The van der Waals surface area contributed by atoms with Gasteiger partial charge in [-0.2, -0.15) is 4.98 Å². The first-order valence-electron chi connectivity index (χ1n) is 9.98. The van der Waals surface area contributed by atoms with Crippen molar-refractivity contribution in [3.63, 3.8) is 0 Å². The van der Waals surface area contributed by atoms with Crippen LogP contribution in [-0.2, 0) is 0 Å². The Morgan fingerprint density at radius 3 is 2.61 bits per heavy atom. The van der Waals surface area contributed by atoms with Gasteiger partial charge in [-0.15, -0.1) is 0 Å². The molecule has 1 saturated heterocycles. The number of rotatable bonds is 4. The maximum absolute atomic E-state index is 13.4. The van der Waals surface area contributed by atoms with Gasteiger partial charge in [0.05, 0.1) is 11.4 Å². The molecule has 0 saturated carbocycles. The molecule has 0 amide bonds. The van der Waals surface area contributed by atoms with Crippen molar-refractivity contribution in [3.8, 4) is 11.4 Å². The van der Waals surface area contributed by atoms with Crippen LogP contribution in [0.1, 0.15) is 36.9 Å². The van der Waals surface area contributed by atoms with E-state index in [9.17, 15) is 13.2 Å². The summed E-state index contributed by atoms with van der Waals surface area (Å²) in [5.41, 5.74) is 1.15. The molecule has 0 radical (unpaired) electrons. The third-order valence-corrected chi connectivity index (χ3v) is 5.41. The zero-order chi connectivity index (χ0) is 21.4. The number of fused-ring (bicyclic) bond motifs is 1. The Hall–Kier alpha value is -3.49. The van der Waals surface area contributed by atoms with Crippen molar-refractivity contribution >= 4 is 16.7 Å². The highest BCUT2D eigenvalue weighted by Crippen LogP contribution is 2.33. The molecule has 0 spiro atoms. The van der Waals surface area contributed by atoms with Crippen LogP contribution in [0, 0.1) is 5.82 Å². The molecular weight excluding hydrogens is 407 g/mol. The highest BCUT2D eigenvalue weighted by molar-refractivity contribution is 5.89. The van der Waals surface area contributed by atoms with E-state index < -0.39 is 12.2 Å². The number of aromatic nitrogens is 4. The van der Waals surface area contributed by atoms with Crippen LogP contribution >= 0.6 is 0 Å². The minimum absolute atomic E-state index is 0.0702. The number of hydrogen-bond donors (Lipinski definition) is 0. The highest BCUT2D eigenvalue weighted by atomic mass is 19.3. The Balaban J connectivity index is 1.44. The van der Waals surface area contributed by atoms with Crippen LogP contribution in [0.15, 0.2) is 53.1 Å². The van der Waals surface area contributed by atoms with E-state index in [2.05, 4.69) is 20.1 Å². The molecule has 158 valence electrons. The summed E-state index contributed by atoms with van der Waals surface area (Å²) in [6.45, 7) is 1.19. The highest BCUT2D eigenvalue weighted by Gasteiger charge is 2.29. The molecule has 1 aliphatic rings. The Morgan fingerprint density at radius 1 is 1.00 bits per heavy atom. The van der Waals surface area contributed by atoms with E-state index in [4.69, 9.17) is 4.52 Å². The predicted molar refractivity (Wildman–Crippen MR) is 108 cm³/mol. The topological polar surface area (TPSA) is 67.9 Å². The quantitative estimate of drug-likeness (QED) is 0.451. The zero-order valence-electron chi connectivity index (χ0n) is 16.4. The van der Waals surface area contributed by atoms with Crippen molar-refractivity contribution in [1.29, 1.82) is 0 Å². The van der Waals surface area contributed by atoms with Crippen LogP contribution in [0.4, 0.5) is 19.0 Å². The molecule has 2 aromatic carbocycles. The first-order chi connectivity index (χ1) is 15.1. The van der Waals surface area contributed by atoms with Crippen LogP contribution < -0.4 is 4.90 Å². The number of alkyl halides is 2. The average molecular weight is 425 g/mol. The number of benzene rings is 2. The lowest BCUT2D eigenvalue weighted by Gasteiger charge is -2.32. The summed E-state index contributed by atoms with van der Waals surface area (Å²) in [7, 11) is 0. The van der Waals surface area contributed by atoms with Crippen LogP contribution in [0.25, 0.3) is 22.3 Å². The minimum Gasteiger partial charge on any atom is -0.355 e. The third-order valence-electron chi connectivity index (χ3n) is 5.41. The molecule has 1 atom stereocenters. The van der Waals surface area contributed by atoms with Gasteiger partial charge in [0.1, 0.15) is 11.6 Å². The van der Waals surface area contributed by atoms with Gasteiger partial charge in [0.15, 0.2) is 5.82 Å². The molecule has 2 aromatic heterocycles. The van der Waals surface area contributed by atoms with E-state index in [0.29, 0.717) is 41.7 Å². The van der Waals surface area contributed by atoms with Crippen LogP contribution in [-0.4, -0.2) is 33.2 Å². The first-order valence-corrected chi connectivity index (χ1v) is 9.98. The second-order valence-corrected chi connectivity index (χ2v) is 7.47. The first kappa shape index (κ1) is 19.5. The van der Waals surface area contributed by atoms with Gasteiger partial charge in [0, 0.05) is 24.0 Å². The maximum Gasteiger partial charge on any atom is 0.297 e. The standard InChI is InChI=1S/C22H18F3N5O/c23-15-9-7-13(8-10-15)19-28-22(31-29-19)14-4-3-11-30(12-14)21-16-5-1-2-6-17(16)26-20(27-21)18(24)25/h1-2,5-10,14,18H,3-4,11-12H2. The van der Waals surface area contributed by atoms with Gasteiger partial charge in [-0.3, -0.25) is 0 Å². The second-order valence-electron chi connectivity index (χ2n) is 7.47. The predicted octanol–water partition coefficient (Wildman–Crippen LogP) is 5.14. The lowest BCUT2D eigenvalue weighted by Crippen LogP contribution is -2.35. The fourth-order valence-corrected chi connectivity index (χ4v) is 3.90.